The first-order valence-electron chi connectivity index (χ1n) is 5.31. The highest BCUT2D eigenvalue weighted by atomic mass is 35.5. The van der Waals surface area contributed by atoms with Crippen molar-refractivity contribution >= 4 is 17.4 Å². The van der Waals surface area contributed by atoms with Crippen LogP contribution in [0.2, 0.25) is 5.02 Å². The van der Waals surface area contributed by atoms with Crippen LogP contribution in [0.1, 0.15) is 17.3 Å². The molecule has 0 atom stereocenters. The van der Waals surface area contributed by atoms with Crippen molar-refractivity contribution in [3.63, 3.8) is 0 Å². The second-order valence-corrected chi connectivity index (χ2v) is 4.16. The Morgan fingerprint density at radius 1 is 1.17 bits per heavy atom. The molecule has 0 fully saturated rings. The number of Topliss-reactive ketones (excluding diaryl/α,β-unsaturated/α-hetero) is 1. The summed E-state index contributed by atoms with van der Waals surface area (Å²) in [5.41, 5.74) is -0.0487. The van der Waals surface area contributed by atoms with E-state index in [0.717, 1.165) is 0 Å². The molecule has 0 aromatic heterocycles. The Hall–Kier alpha value is -1.87. The predicted molar refractivity (Wildman–Crippen MR) is 67.9 cm³/mol. The minimum absolute atomic E-state index is 0.0487. The summed E-state index contributed by atoms with van der Waals surface area (Å²) in [6.45, 7) is 1.30. The highest BCUT2D eigenvalue weighted by molar-refractivity contribution is 6.30. The Kier molecular flexibility index (Phi) is 3.63. The Morgan fingerprint density at radius 2 is 1.83 bits per heavy atom. The molecule has 2 aromatic rings. The lowest BCUT2D eigenvalue weighted by Crippen LogP contribution is -2.00. The lowest BCUT2D eigenvalue weighted by Gasteiger charge is -2.09. The maximum Gasteiger partial charge on any atom is 0.166 e. The van der Waals surface area contributed by atoms with Crippen LogP contribution in [0.5, 0.6) is 11.5 Å². The lowest BCUT2D eigenvalue weighted by atomic mass is 10.1. The fourth-order valence-corrected chi connectivity index (χ4v) is 1.69. The van der Waals surface area contributed by atoms with E-state index in [2.05, 4.69) is 0 Å². The van der Waals surface area contributed by atoms with Crippen molar-refractivity contribution in [2.75, 3.05) is 0 Å². The predicted octanol–water partition coefficient (Wildman–Crippen LogP) is 4.47. The van der Waals surface area contributed by atoms with E-state index in [0.29, 0.717) is 10.8 Å². The minimum Gasteiger partial charge on any atom is -0.457 e. The Morgan fingerprint density at radius 3 is 2.44 bits per heavy atom. The van der Waals surface area contributed by atoms with E-state index in [1.807, 2.05) is 0 Å². The molecule has 0 bridgehead atoms. The van der Waals surface area contributed by atoms with Crippen molar-refractivity contribution in [3.8, 4) is 11.5 Å². The maximum absolute atomic E-state index is 13.5. The summed E-state index contributed by atoms with van der Waals surface area (Å²) in [7, 11) is 0. The molecular weight excluding hydrogens is 255 g/mol. The van der Waals surface area contributed by atoms with Crippen molar-refractivity contribution in [1.29, 1.82) is 0 Å². The fourth-order valence-electron chi connectivity index (χ4n) is 1.56. The second-order valence-electron chi connectivity index (χ2n) is 3.73. The van der Waals surface area contributed by atoms with E-state index < -0.39 is 5.82 Å². The van der Waals surface area contributed by atoms with E-state index in [9.17, 15) is 9.18 Å². The fraction of sp³-hybridized carbons (Fsp3) is 0.0714. The smallest absolute Gasteiger partial charge is 0.166 e. The highest BCUT2D eigenvalue weighted by Gasteiger charge is 2.14. The Bertz CT molecular complexity index is 579. The molecule has 2 aromatic carbocycles. The zero-order valence-corrected chi connectivity index (χ0v) is 10.4. The van der Waals surface area contributed by atoms with E-state index in [1.165, 1.54) is 19.1 Å². The van der Waals surface area contributed by atoms with Gasteiger partial charge in [-0.3, -0.25) is 4.79 Å². The number of halogens is 2. The summed E-state index contributed by atoms with van der Waals surface area (Å²) >= 11 is 5.75. The number of rotatable bonds is 3. The normalized spacial score (nSPS) is 10.2. The SMILES string of the molecule is CC(=O)c1c(F)cccc1Oc1ccc(Cl)cc1. The largest absolute Gasteiger partial charge is 0.457 e. The van der Waals surface area contributed by atoms with Gasteiger partial charge in [0, 0.05) is 5.02 Å². The average Bonchev–Trinajstić information content (AvgIpc) is 2.32. The number of benzene rings is 2. The molecule has 4 heteroatoms. The molecule has 0 N–H and O–H groups in total. The van der Waals surface area contributed by atoms with Crippen LogP contribution in [0, 0.1) is 5.82 Å². The van der Waals surface area contributed by atoms with Gasteiger partial charge in [0.05, 0.1) is 5.56 Å². The Balaban J connectivity index is 2.37. The van der Waals surface area contributed by atoms with Crippen molar-refractivity contribution in [2.45, 2.75) is 6.92 Å². The number of hydrogen-bond acceptors (Lipinski definition) is 2. The topological polar surface area (TPSA) is 26.3 Å². The van der Waals surface area contributed by atoms with Crippen LogP contribution in [0.15, 0.2) is 42.5 Å². The molecule has 0 aliphatic rings. The molecule has 2 rings (SSSR count). The molecule has 92 valence electrons. The van der Waals surface area contributed by atoms with Crippen LogP contribution in [0.3, 0.4) is 0 Å². The lowest BCUT2D eigenvalue weighted by molar-refractivity contribution is 0.101. The first kappa shape index (κ1) is 12.6. The standard InChI is InChI=1S/C14H10ClFO2/c1-9(17)14-12(16)3-2-4-13(14)18-11-7-5-10(15)6-8-11/h2-8H,1H3. The second kappa shape index (κ2) is 5.19. The molecule has 0 saturated heterocycles. The van der Waals surface area contributed by atoms with Crippen LogP contribution in [0.25, 0.3) is 0 Å². The van der Waals surface area contributed by atoms with Gasteiger partial charge in [-0.2, -0.15) is 0 Å². The highest BCUT2D eigenvalue weighted by Crippen LogP contribution is 2.28. The number of ketones is 1. The monoisotopic (exact) mass is 264 g/mol. The first-order valence-corrected chi connectivity index (χ1v) is 5.68. The molecule has 0 aliphatic carbocycles. The number of ether oxygens (including phenoxy) is 1. The van der Waals surface area contributed by atoms with Gasteiger partial charge in [0.1, 0.15) is 17.3 Å². The van der Waals surface area contributed by atoms with Gasteiger partial charge in [0.2, 0.25) is 0 Å². The summed E-state index contributed by atoms with van der Waals surface area (Å²) in [4.78, 5) is 11.4. The summed E-state index contributed by atoms with van der Waals surface area (Å²) in [6, 6.07) is 10.9. The van der Waals surface area contributed by atoms with E-state index >= 15 is 0 Å². The van der Waals surface area contributed by atoms with Crippen molar-refractivity contribution in [3.05, 3.63) is 58.9 Å². The molecular formula is C14H10ClFO2. The molecule has 0 amide bonds. The van der Waals surface area contributed by atoms with Crippen molar-refractivity contribution in [2.24, 2.45) is 0 Å². The van der Waals surface area contributed by atoms with E-state index in [-0.39, 0.29) is 17.1 Å². The molecule has 0 radical (unpaired) electrons. The number of hydrogen-bond donors (Lipinski definition) is 0. The molecule has 0 saturated carbocycles. The third-order valence-corrected chi connectivity index (χ3v) is 2.62. The van der Waals surface area contributed by atoms with Gasteiger partial charge in [-0.05, 0) is 43.3 Å². The van der Waals surface area contributed by atoms with Crippen molar-refractivity contribution < 1.29 is 13.9 Å². The maximum atomic E-state index is 13.5. The number of carbonyl (C=O) groups excluding carboxylic acids is 1. The van der Waals surface area contributed by atoms with Crippen LogP contribution in [0.4, 0.5) is 4.39 Å². The quantitative estimate of drug-likeness (QED) is 0.765. The first-order chi connectivity index (χ1) is 8.58. The van der Waals surface area contributed by atoms with E-state index in [4.69, 9.17) is 16.3 Å². The van der Waals surface area contributed by atoms with Crippen molar-refractivity contribution in [1.82, 2.24) is 0 Å². The summed E-state index contributed by atoms with van der Waals surface area (Å²) in [5.74, 6) is -0.275. The molecule has 0 aliphatic heterocycles. The molecule has 0 unspecified atom stereocenters. The average molecular weight is 265 g/mol. The third-order valence-electron chi connectivity index (χ3n) is 2.37. The van der Waals surface area contributed by atoms with Gasteiger partial charge in [-0.1, -0.05) is 17.7 Å². The molecule has 0 spiro atoms. The van der Waals surface area contributed by atoms with Gasteiger partial charge >= 0.3 is 0 Å². The van der Waals surface area contributed by atoms with Crippen LogP contribution < -0.4 is 4.74 Å². The van der Waals surface area contributed by atoms with Gasteiger partial charge in [0.25, 0.3) is 0 Å². The third kappa shape index (κ3) is 2.68. The molecule has 18 heavy (non-hydrogen) atoms. The molecule has 0 heterocycles. The van der Waals surface area contributed by atoms with Gasteiger partial charge in [-0.25, -0.2) is 4.39 Å². The van der Waals surface area contributed by atoms with E-state index in [1.54, 1.807) is 30.3 Å². The summed E-state index contributed by atoms with van der Waals surface area (Å²) in [5, 5.41) is 0.577. The Labute approximate surface area is 109 Å². The summed E-state index contributed by atoms with van der Waals surface area (Å²) < 4.78 is 19.0. The van der Waals surface area contributed by atoms with Gasteiger partial charge in [0.15, 0.2) is 5.78 Å². The number of carbonyl (C=O) groups is 1. The summed E-state index contributed by atoms with van der Waals surface area (Å²) in [6.07, 6.45) is 0. The zero-order chi connectivity index (χ0) is 13.1. The van der Waals surface area contributed by atoms with Crippen LogP contribution >= 0.6 is 11.6 Å². The molecule has 2 nitrogen and oxygen atoms in total. The van der Waals surface area contributed by atoms with Gasteiger partial charge in [-0.15, -0.1) is 0 Å². The van der Waals surface area contributed by atoms with Gasteiger partial charge < -0.3 is 4.74 Å². The van der Waals surface area contributed by atoms with Crippen LogP contribution in [-0.2, 0) is 0 Å². The van der Waals surface area contributed by atoms with Crippen LogP contribution in [-0.4, -0.2) is 5.78 Å². The minimum atomic E-state index is -0.589. The zero-order valence-electron chi connectivity index (χ0n) is 9.61.